The van der Waals surface area contributed by atoms with Gasteiger partial charge < -0.3 is 10.6 Å². The van der Waals surface area contributed by atoms with Gasteiger partial charge in [-0.1, -0.05) is 23.7 Å². The minimum atomic E-state index is 0.805. The van der Waals surface area contributed by atoms with Crippen molar-refractivity contribution in [2.75, 3.05) is 20.1 Å². The molecule has 0 radical (unpaired) electrons. The third-order valence-electron chi connectivity index (χ3n) is 2.00. The first kappa shape index (κ1) is 11.5. The molecule has 0 bridgehead atoms. The molecule has 0 atom stereocenters. The number of benzene rings is 1. The van der Waals surface area contributed by atoms with E-state index in [1.807, 2.05) is 25.2 Å². The molecule has 0 aliphatic rings. The fraction of sp³-hybridized carbons (Fsp3) is 0.455. The molecule has 1 rings (SSSR count). The topological polar surface area (TPSA) is 24.1 Å². The summed E-state index contributed by atoms with van der Waals surface area (Å²) in [7, 11) is 1.97. The molecule has 3 heteroatoms. The van der Waals surface area contributed by atoms with E-state index in [0.29, 0.717) is 0 Å². The van der Waals surface area contributed by atoms with E-state index in [1.165, 1.54) is 5.56 Å². The number of rotatable bonds is 6. The number of nitrogens with one attached hydrogen (secondary N) is 2. The van der Waals surface area contributed by atoms with Gasteiger partial charge in [0, 0.05) is 11.6 Å². The number of hydrogen-bond donors (Lipinski definition) is 2. The third kappa shape index (κ3) is 4.61. The Morgan fingerprint density at radius 1 is 1.29 bits per heavy atom. The average molecular weight is 213 g/mol. The van der Waals surface area contributed by atoms with Crippen LogP contribution < -0.4 is 10.6 Å². The van der Waals surface area contributed by atoms with Crippen LogP contribution in [0.25, 0.3) is 0 Å². The highest BCUT2D eigenvalue weighted by Crippen LogP contribution is 2.09. The molecule has 0 aliphatic heterocycles. The van der Waals surface area contributed by atoms with Crippen LogP contribution in [0.4, 0.5) is 0 Å². The van der Waals surface area contributed by atoms with E-state index in [4.69, 9.17) is 11.6 Å². The van der Waals surface area contributed by atoms with Gasteiger partial charge in [0.05, 0.1) is 0 Å². The quantitative estimate of drug-likeness (QED) is 0.706. The first-order valence-electron chi connectivity index (χ1n) is 4.92. The molecular formula is C11H17ClN2. The smallest absolute Gasteiger partial charge is 0.0409 e. The van der Waals surface area contributed by atoms with Gasteiger partial charge in [-0.3, -0.25) is 0 Å². The highest BCUT2D eigenvalue weighted by Gasteiger charge is 1.93. The normalized spacial score (nSPS) is 10.4. The summed E-state index contributed by atoms with van der Waals surface area (Å²) in [6.07, 6.45) is 1.15. The summed E-state index contributed by atoms with van der Waals surface area (Å²) in [5.41, 5.74) is 1.24. The predicted octanol–water partition coefficient (Wildman–Crippen LogP) is 2.04. The van der Waals surface area contributed by atoms with Crippen molar-refractivity contribution in [3.8, 4) is 0 Å². The molecule has 78 valence electrons. The zero-order valence-corrected chi connectivity index (χ0v) is 9.27. The molecule has 0 spiro atoms. The lowest BCUT2D eigenvalue weighted by atomic mass is 10.2. The Kier molecular flexibility index (Phi) is 5.60. The maximum absolute atomic E-state index is 5.87. The third-order valence-corrected chi connectivity index (χ3v) is 2.23. The molecule has 14 heavy (non-hydrogen) atoms. The predicted molar refractivity (Wildman–Crippen MR) is 61.7 cm³/mol. The molecule has 1 aromatic rings. The first-order valence-corrected chi connectivity index (χ1v) is 5.30. The molecule has 0 aromatic heterocycles. The standard InChI is InChI=1S/C11H17ClN2/c1-13-6-3-7-14-9-10-4-2-5-11(12)8-10/h2,4-5,8,13-14H,3,6-7,9H2,1H3. The summed E-state index contributed by atoms with van der Waals surface area (Å²) in [5.74, 6) is 0. The second kappa shape index (κ2) is 6.82. The molecule has 2 nitrogen and oxygen atoms in total. The van der Waals surface area contributed by atoms with Crippen molar-refractivity contribution < 1.29 is 0 Å². The zero-order chi connectivity index (χ0) is 10.2. The molecule has 0 unspecified atom stereocenters. The first-order chi connectivity index (χ1) is 6.83. The number of halogens is 1. The Balaban J connectivity index is 2.18. The summed E-state index contributed by atoms with van der Waals surface area (Å²) >= 11 is 5.87. The molecule has 2 N–H and O–H groups in total. The molecule has 0 heterocycles. The van der Waals surface area contributed by atoms with Crippen molar-refractivity contribution in [2.45, 2.75) is 13.0 Å². The van der Waals surface area contributed by atoms with Gasteiger partial charge in [0.2, 0.25) is 0 Å². The van der Waals surface area contributed by atoms with Gasteiger partial charge in [0.15, 0.2) is 0 Å². The van der Waals surface area contributed by atoms with Gasteiger partial charge in [-0.2, -0.15) is 0 Å². The molecular weight excluding hydrogens is 196 g/mol. The fourth-order valence-electron chi connectivity index (χ4n) is 1.27. The summed E-state index contributed by atoms with van der Waals surface area (Å²) in [5, 5.41) is 7.28. The van der Waals surface area contributed by atoms with Gasteiger partial charge in [-0.15, -0.1) is 0 Å². The van der Waals surface area contributed by atoms with E-state index < -0.39 is 0 Å². The lowest BCUT2D eigenvalue weighted by Crippen LogP contribution is -2.19. The molecule has 0 amide bonds. The molecule has 0 aliphatic carbocycles. The zero-order valence-electron chi connectivity index (χ0n) is 8.52. The summed E-state index contributed by atoms with van der Waals surface area (Å²) < 4.78 is 0. The molecule has 1 aromatic carbocycles. The van der Waals surface area contributed by atoms with Crippen LogP contribution >= 0.6 is 11.6 Å². The Morgan fingerprint density at radius 3 is 2.86 bits per heavy atom. The fourth-order valence-corrected chi connectivity index (χ4v) is 1.48. The second-order valence-corrected chi connectivity index (χ2v) is 3.70. The van der Waals surface area contributed by atoms with Crippen molar-refractivity contribution in [1.29, 1.82) is 0 Å². The monoisotopic (exact) mass is 212 g/mol. The van der Waals surface area contributed by atoms with Crippen LogP contribution in [-0.4, -0.2) is 20.1 Å². The Morgan fingerprint density at radius 2 is 2.14 bits per heavy atom. The van der Waals surface area contributed by atoms with Crippen molar-refractivity contribution in [3.05, 3.63) is 34.9 Å². The minimum absolute atomic E-state index is 0.805. The van der Waals surface area contributed by atoms with Gasteiger partial charge in [-0.05, 0) is 44.3 Å². The Hall–Kier alpha value is -0.570. The van der Waals surface area contributed by atoms with Crippen LogP contribution in [0.2, 0.25) is 5.02 Å². The molecule has 0 fully saturated rings. The van der Waals surface area contributed by atoms with Gasteiger partial charge >= 0.3 is 0 Å². The summed E-state index contributed by atoms with van der Waals surface area (Å²) in [6.45, 7) is 2.99. The van der Waals surface area contributed by atoms with E-state index >= 15 is 0 Å². The van der Waals surface area contributed by atoms with Gasteiger partial charge in [0.25, 0.3) is 0 Å². The minimum Gasteiger partial charge on any atom is -0.320 e. The average Bonchev–Trinajstić information content (AvgIpc) is 2.18. The van der Waals surface area contributed by atoms with E-state index in [0.717, 1.165) is 31.1 Å². The van der Waals surface area contributed by atoms with Gasteiger partial charge in [0.1, 0.15) is 0 Å². The van der Waals surface area contributed by atoms with Crippen molar-refractivity contribution in [3.63, 3.8) is 0 Å². The van der Waals surface area contributed by atoms with Crippen LogP contribution in [0.5, 0.6) is 0 Å². The van der Waals surface area contributed by atoms with Crippen LogP contribution in [-0.2, 0) is 6.54 Å². The largest absolute Gasteiger partial charge is 0.320 e. The SMILES string of the molecule is CNCCCNCc1cccc(Cl)c1. The second-order valence-electron chi connectivity index (χ2n) is 3.26. The van der Waals surface area contributed by atoms with Crippen molar-refractivity contribution >= 4 is 11.6 Å². The molecule has 0 saturated carbocycles. The Labute approximate surface area is 90.7 Å². The van der Waals surface area contributed by atoms with E-state index in [9.17, 15) is 0 Å². The summed E-state index contributed by atoms with van der Waals surface area (Å²) in [6, 6.07) is 7.95. The lowest BCUT2D eigenvalue weighted by molar-refractivity contribution is 0.625. The van der Waals surface area contributed by atoms with E-state index in [1.54, 1.807) is 0 Å². The van der Waals surface area contributed by atoms with Crippen LogP contribution in [0.3, 0.4) is 0 Å². The van der Waals surface area contributed by atoms with Gasteiger partial charge in [-0.25, -0.2) is 0 Å². The highest BCUT2D eigenvalue weighted by atomic mass is 35.5. The highest BCUT2D eigenvalue weighted by molar-refractivity contribution is 6.30. The Bertz CT molecular complexity index is 263. The summed E-state index contributed by atoms with van der Waals surface area (Å²) in [4.78, 5) is 0. The maximum atomic E-state index is 5.87. The molecule has 0 saturated heterocycles. The van der Waals surface area contributed by atoms with E-state index in [2.05, 4.69) is 16.7 Å². The van der Waals surface area contributed by atoms with E-state index in [-0.39, 0.29) is 0 Å². The lowest BCUT2D eigenvalue weighted by Gasteiger charge is -2.04. The van der Waals surface area contributed by atoms with Crippen LogP contribution in [0.15, 0.2) is 24.3 Å². The van der Waals surface area contributed by atoms with Crippen molar-refractivity contribution in [2.24, 2.45) is 0 Å². The van der Waals surface area contributed by atoms with Crippen molar-refractivity contribution in [1.82, 2.24) is 10.6 Å². The number of hydrogen-bond acceptors (Lipinski definition) is 2. The van der Waals surface area contributed by atoms with Crippen LogP contribution in [0, 0.1) is 0 Å². The van der Waals surface area contributed by atoms with Crippen LogP contribution in [0.1, 0.15) is 12.0 Å². The maximum Gasteiger partial charge on any atom is 0.0409 e.